The molecule has 0 atom stereocenters. The van der Waals surface area contributed by atoms with E-state index in [-0.39, 0.29) is 17.4 Å². The van der Waals surface area contributed by atoms with Crippen LogP contribution in [0.2, 0.25) is 0 Å². The average Bonchev–Trinajstić information content (AvgIpc) is 3.17. The first-order valence-electron chi connectivity index (χ1n) is 10.1. The maximum absolute atomic E-state index is 12.1. The summed E-state index contributed by atoms with van der Waals surface area (Å²) in [4.78, 5) is 18.8. The number of thiazole rings is 1. The van der Waals surface area contributed by atoms with Gasteiger partial charge in [0.1, 0.15) is 11.5 Å². The number of thioether (sulfide) groups is 1. The fraction of sp³-hybridized carbons (Fsp3) is 0.318. The number of phenols is 1. The lowest BCUT2D eigenvalue weighted by Crippen LogP contribution is -2.21. The van der Waals surface area contributed by atoms with Gasteiger partial charge < -0.3 is 14.7 Å². The van der Waals surface area contributed by atoms with E-state index in [2.05, 4.69) is 34.3 Å². The molecule has 0 radical (unpaired) electrons. The molecule has 31 heavy (non-hydrogen) atoms. The molecule has 164 valence electrons. The normalized spacial score (nSPS) is 11.2. The number of hydrazone groups is 1. The van der Waals surface area contributed by atoms with Crippen LogP contribution in [0.5, 0.6) is 11.5 Å². The molecule has 7 nitrogen and oxygen atoms in total. The maximum Gasteiger partial charge on any atom is 0.250 e. The van der Waals surface area contributed by atoms with E-state index in [1.54, 1.807) is 12.1 Å². The number of fused-ring (bicyclic) bond motifs is 1. The summed E-state index contributed by atoms with van der Waals surface area (Å²) < 4.78 is 7.35. The molecule has 2 aromatic carbocycles. The molecule has 0 aliphatic rings. The maximum atomic E-state index is 12.1. The minimum Gasteiger partial charge on any atom is -0.507 e. The molecule has 0 aliphatic carbocycles. The second-order valence-corrected chi connectivity index (χ2v) is 8.79. The van der Waals surface area contributed by atoms with Gasteiger partial charge in [0.15, 0.2) is 4.34 Å². The van der Waals surface area contributed by atoms with Crippen molar-refractivity contribution in [3.8, 4) is 11.5 Å². The van der Waals surface area contributed by atoms with Crippen LogP contribution in [-0.2, 0) is 4.79 Å². The second-order valence-electron chi connectivity index (χ2n) is 6.54. The SMILES string of the molecule is CCOc1ccc2nc(SCC(=O)N/N=C/c3ccc(N(CC)CC)cc3O)sc2c1. The molecule has 0 saturated carbocycles. The summed E-state index contributed by atoms with van der Waals surface area (Å²) in [5.41, 5.74) is 4.87. The van der Waals surface area contributed by atoms with E-state index in [0.717, 1.165) is 39.1 Å². The molecule has 1 heterocycles. The Morgan fingerprint density at radius 3 is 2.77 bits per heavy atom. The van der Waals surface area contributed by atoms with Crippen LogP contribution in [0, 0.1) is 0 Å². The highest BCUT2D eigenvalue weighted by atomic mass is 32.2. The fourth-order valence-corrected chi connectivity index (χ4v) is 4.85. The number of carbonyl (C=O) groups is 1. The number of aromatic hydroxyl groups is 1. The first-order chi connectivity index (χ1) is 15.0. The van der Waals surface area contributed by atoms with Crippen molar-refractivity contribution in [2.75, 3.05) is 30.3 Å². The molecular formula is C22H26N4O3S2. The summed E-state index contributed by atoms with van der Waals surface area (Å²) in [5.74, 6) is 0.894. The van der Waals surface area contributed by atoms with Crippen LogP contribution in [0.4, 0.5) is 5.69 Å². The van der Waals surface area contributed by atoms with Gasteiger partial charge in [-0.25, -0.2) is 10.4 Å². The minimum atomic E-state index is -0.241. The van der Waals surface area contributed by atoms with Crippen LogP contribution in [0.1, 0.15) is 26.3 Å². The number of benzene rings is 2. The van der Waals surface area contributed by atoms with Gasteiger partial charge in [-0.1, -0.05) is 11.8 Å². The Labute approximate surface area is 190 Å². The van der Waals surface area contributed by atoms with Crippen molar-refractivity contribution in [2.45, 2.75) is 25.1 Å². The van der Waals surface area contributed by atoms with E-state index in [4.69, 9.17) is 4.74 Å². The molecule has 3 rings (SSSR count). The molecule has 1 amide bonds. The number of nitrogens with zero attached hydrogens (tertiary/aromatic N) is 3. The third kappa shape index (κ3) is 6.11. The van der Waals surface area contributed by atoms with Crippen molar-refractivity contribution in [1.29, 1.82) is 0 Å². The van der Waals surface area contributed by atoms with E-state index >= 15 is 0 Å². The van der Waals surface area contributed by atoms with Gasteiger partial charge in [0.25, 0.3) is 5.91 Å². The van der Waals surface area contributed by atoms with Crippen LogP contribution in [0.25, 0.3) is 10.2 Å². The fourth-order valence-electron chi connectivity index (χ4n) is 2.96. The standard InChI is InChI=1S/C22H26N4O3S2/c1-4-26(5-2)16-8-7-15(19(27)11-16)13-23-25-21(28)14-30-22-24-18-10-9-17(29-6-3)12-20(18)31-22/h7-13,27H,4-6,14H2,1-3H3,(H,25,28)/b23-13+. The third-order valence-electron chi connectivity index (χ3n) is 4.51. The number of amides is 1. The van der Waals surface area contributed by atoms with Crippen molar-refractivity contribution in [2.24, 2.45) is 5.10 Å². The Bertz CT molecular complexity index is 1060. The molecule has 0 spiro atoms. The predicted octanol–water partition coefficient (Wildman–Crippen LogP) is 4.49. The van der Waals surface area contributed by atoms with Gasteiger partial charge in [-0.15, -0.1) is 11.3 Å². The Hall–Kier alpha value is -2.78. The van der Waals surface area contributed by atoms with E-state index < -0.39 is 0 Å². The summed E-state index contributed by atoms with van der Waals surface area (Å²) in [6, 6.07) is 11.2. The summed E-state index contributed by atoms with van der Waals surface area (Å²) in [7, 11) is 0. The first-order valence-corrected chi connectivity index (χ1v) is 11.9. The Kier molecular flexibility index (Phi) is 8.13. The predicted molar refractivity (Wildman–Crippen MR) is 129 cm³/mol. The highest BCUT2D eigenvalue weighted by Gasteiger charge is 2.09. The van der Waals surface area contributed by atoms with Crippen LogP contribution in [0.15, 0.2) is 45.8 Å². The lowest BCUT2D eigenvalue weighted by atomic mass is 10.2. The molecule has 0 saturated heterocycles. The lowest BCUT2D eigenvalue weighted by molar-refractivity contribution is -0.118. The molecule has 0 fully saturated rings. The van der Waals surface area contributed by atoms with Gasteiger partial charge >= 0.3 is 0 Å². The number of aromatic nitrogens is 1. The summed E-state index contributed by atoms with van der Waals surface area (Å²) in [6.07, 6.45) is 1.44. The number of anilines is 1. The number of carbonyl (C=O) groups excluding carboxylic acids is 1. The van der Waals surface area contributed by atoms with Crippen molar-refractivity contribution in [1.82, 2.24) is 10.4 Å². The van der Waals surface area contributed by atoms with Crippen LogP contribution in [0.3, 0.4) is 0 Å². The molecular weight excluding hydrogens is 432 g/mol. The Balaban J connectivity index is 1.53. The van der Waals surface area contributed by atoms with Crippen LogP contribution < -0.4 is 15.1 Å². The molecule has 0 aliphatic heterocycles. The van der Waals surface area contributed by atoms with E-state index in [1.807, 2.05) is 31.2 Å². The zero-order valence-electron chi connectivity index (χ0n) is 17.8. The summed E-state index contributed by atoms with van der Waals surface area (Å²) in [5, 5.41) is 14.2. The van der Waals surface area contributed by atoms with Gasteiger partial charge in [0, 0.05) is 30.4 Å². The molecule has 3 aromatic rings. The molecule has 2 N–H and O–H groups in total. The van der Waals surface area contributed by atoms with Gasteiger partial charge in [-0.3, -0.25) is 4.79 Å². The van der Waals surface area contributed by atoms with E-state index in [9.17, 15) is 9.90 Å². The molecule has 0 bridgehead atoms. The first kappa shape index (κ1) is 22.9. The Morgan fingerprint density at radius 1 is 1.26 bits per heavy atom. The zero-order chi connectivity index (χ0) is 22.2. The Morgan fingerprint density at radius 2 is 2.06 bits per heavy atom. The van der Waals surface area contributed by atoms with Crippen molar-refractivity contribution in [3.63, 3.8) is 0 Å². The largest absolute Gasteiger partial charge is 0.507 e. The number of phenolic OH excluding ortho intramolecular Hbond substituents is 1. The van der Waals surface area contributed by atoms with Gasteiger partial charge in [-0.05, 0) is 51.1 Å². The minimum absolute atomic E-state index is 0.123. The van der Waals surface area contributed by atoms with Crippen LogP contribution >= 0.6 is 23.1 Å². The smallest absolute Gasteiger partial charge is 0.250 e. The van der Waals surface area contributed by atoms with Crippen molar-refractivity contribution >= 4 is 51.1 Å². The van der Waals surface area contributed by atoms with Gasteiger partial charge in [-0.2, -0.15) is 5.10 Å². The number of hydrogen-bond donors (Lipinski definition) is 2. The monoisotopic (exact) mass is 458 g/mol. The van der Waals surface area contributed by atoms with Gasteiger partial charge in [0.2, 0.25) is 0 Å². The highest BCUT2D eigenvalue weighted by Crippen LogP contribution is 2.31. The topological polar surface area (TPSA) is 87.0 Å². The molecule has 9 heteroatoms. The summed E-state index contributed by atoms with van der Waals surface area (Å²) >= 11 is 2.88. The lowest BCUT2D eigenvalue weighted by Gasteiger charge is -2.21. The zero-order valence-corrected chi connectivity index (χ0v) is 19.4. The second kappa shape index (κ2) is 11.0. The van der Waals surface area contributed by atoms with E-state index in [1.165, 1.54) is 29.3 Å². The average molecular weight is 459 g/mol. The third-order valence-corrected chi connectivity index (χ3v) is 6.67. The van der Waals surface area contributed by atoms with Crippen molar-refractivity contribution in [3.05, 3.63) is 42.0 Å². The molecule has 1 aromatic heterocycles. The quantitative estimate of drug-likeness (QED) is 0.264. The van der Waals surface area contributed by atoms with Gasteiger partial charge in [0.05, 0.1) is 28.8 Å². The van der Waals surface area contributed by atoms with Crippen LogP contribution in [-0.4, -0.2) is 47.7 Å². The number of ether oxygens (including phenoxy) is 1. The number of rotatable bonds is 10. The number of hydrogen-bond acceptors (Lipinski definition) is 8. The molecule has 0 unspecified atom stereocenters. The van der Waals surface area contributed by atoms with Crippen molar-refractivity contribution < 1.29 is 14.6 Å². The summed E-state index contributed by atoms with van der Waals surface area (Å²) in [6.45, 7) is 8.41. The van der Waals surface area contributed by atoms with E-state index in [0.29, 0.717) is 12.2 Å². The highest BCUT2D eigenvalue weighted by molar-refractivity contribution is 8.01. The number of nitrogens with one attached hydrogen (secondary N) is 1.